The zero-order valence-electron chi connectivity index (χ0n) is 43.4. The molecule has 6 N–H and O–H groups in total. The van der Waals surface area contributed by atoms with E-state index in [4.69, 9.17) is 23.4 Å². The van der Waals surface area contributed by atoms with Crippen molar-refractivity contribution >= 4 is 57.1 Å². The Kier molecular flexibility index (Phi) is 18.6. The lowest BCUT2D eigenvalue weighted by atomic mass is 9.82. The smallest absolute Gasteiger partial charge is 0.307 e. The predicted molar refractivity (Wildman–Crippen MR) is 289 cm³/mol. The van der Waals surface area contributed by atoms with Gasteiger partial charge in [-0.15, -0.1) is 0 Å². The van der Waals surface area contributed by atoms with Crippen LogP contribution in [0, 0.1) is 31.6 Å². The highest BCUT2D eigenvalue weighted by Crippen LogP contribution is 2.43. The first-order valence-electron chi connectivity index (χ1n) is 26.5. The van der Waals surface area contributed by atoms with Crippen LogP contribution in [-0.2, 0) is 20.9 Å². The fourth-order valence-electron chi connectivity index (χ4n) is 10.4. The van der Waals surface area contributed by atoms with Crippen molar-refractivity contribution in [2.75, 3.05) is 30.3 Å². The van der Waals surface area contributed by atoms with Crippen molar-refractivity contribution in [3.63, 3.8) is 0 Å². The third kappa shape index (κ3) is 14.3. The van der Waals surface area contributed by atoms with E-state index < -0.39 is 11.9 Å². The Morgan fingerprint density at radius 3 is 1.70 bits per heavy atom. The van der Waals surface area contributed by atoms with E-state index >= 15 is 0 Å². The molecule has 4 aromatic carbocycles. The Morgan fingerprint density at radius 2 is 1.18 bits per heavy atom. The minimum atomic E-state index is -0.954. The molecule has 0 bridgehead atoms. The summed E-state index contributed by atoms with van der Waals surface area (Å²) in [6, 6.07) is 28.5. The molecule has 0 spiro atoms. The summed E-state index contributed by atoms with van der Waals surface area (Å²) in [5.41, 5.74) is 7.11. The van der Waals surface area contributed by atoms with Crippen molar-refractivity contribution < 1.29 is 52.1 Å². The van der Waals surface area contributed by atoms with E-state index in [2.05, 4.69) is 33.2 Å². The number of nitrogens with zero attached hydrogens (tertiary/aromatic N) is 1. The van der Waals surface area contributed by atoms with Gasteiger partial charge in [-0.1, -0.05) is 38.5 Å². The fraction of sp³-hybridized carbons (Fsp3) is 0.383. The molecule has 9 rings (SSSR count). The number of pyridine rings is 1. The number of anilines is 2. The van der Waals surface area contributed by atoms with E-state index in [-0.39, 0.29) is 68.2 Å². The molecular weight excluding hydrogens is 970 g/mol. The summed E-state index contributed by atoms with van der Waals surface area (Å²) < 4.78 is 37.0. The van der Waals surface area contributed by atoms with Gasteiger partial charge in [-0.05, 0) is 161 Å². The number of carboxylic acid groups (broad SMARTS) is 1. The third-order valence-corrected chi connectivity index (χ3v) is 14.4. The van der Waals surface area contributed by atoms with E-state index in [1.165, 1.54) is 50.8 Å². The van der Waals surface area contributed by atoms with Gasteiger partial charge in [0.15, 0.2) is 0 Å². The van der Waals surface area contributed by atoms with Crippen LogP contribution >= 0.6 is 0 Å². The average Bonchev–Trinajstić information content (AvgIpc) is 3.96. The molecule has 76 heavy (non-hydrogen) atoms. The number of halogens is 1. The van der Waals surface area contributed by atoms with Crippen molar-refractivity contribution in [3.8, 4) is 11.5 Å². The standard InChI is InChI=1S/C32H34FN3O5.C28H34N2O5/c1-20-26-18-25(40-19-21-13-15-34-28(33)17-21)11-12-27(26)41-31(20)30(22-5-3-2-4-6-22)36-24-9-7-23(8-10-24)32(39)35-16-14-29(37)38;1-3-34-25(32)15-16-29-28(33)20-9-11-21(12-10-20)30-26(19-7-5-4-6-8-19)27-18(2)23-17-22(31)13-14-24(23)35-27/h7-13,15,17-18,22,30,36H,2-6,14,16,19H2,1H3,(H,35,39)(H,37,38);9-14,17,19,26,30-31H,3-8,15-16H2,1-2H3,(H,29,33). The van der Waals surface area contributed by atoms with Gasteiger partial charge >= 0.3 is 11.9 Å². The Bertz CT molecular complexity index is 3090. The van der Waals surface area contributed by atoms with E-state index in [9.17, 15) is 28.7 Å². The van der Waals surface area contributed by atoms with Gasteiger partial charge in [-0.25, -0.2) is 4.98 Å². The normalized spacial score (nSPS) is 14.7. The summed E-state index contributed by atoms with van der Waals surface area (Å²) in [4.78, 5) is 50.6. The van der Waals surface area contributed by atoms with Crippen LogP contribution in [0.2, 0.25) is 0 Å². The summed E-state index contributed by atoms with van der Waals surface area (Å²) in [5, 5.41) is 33.4. The molecular formula is C60H68FN5O10. The number of hydrogen-bond donors (Lipinski definition) is 6. The van der Waals surface area contributed by atoms with Gasteiger partial charge in [0.25, 0.3) is 11.8 Å². The highest BCUT2D eigenvalue weighted by atomic mass is 19.1. The Balaban J connectivity index is 0.000000204. The molecule has 2 fully saturated rings. The third-order valence-electron chi connectivity index (χ3n) is 14.4. The lowest BCUT2D eigenvalue weighted by molar-refractivity contribution is -0.143. The van der Waals surface area contributed by atoms with E-state index in [0.717, 1.165) is 81.6 Å². The number of aromatic hydroxyl groups is 1. The van der Waals surface area contributed by atoms with Gasteiger partial charge < -0.3 is 49.8 Å². The first-order chi connectivity index (χ1) is 36.8. The molecule has 2 unspecified atom stereocenters. The number of amides is 2. The molecule has 400 valence electrons. The number of carbonyl (C=O) groups is 4. The van der Waals surface area contributed by atoms with Crippen molar-refractivity contribution in [3.05, 3.63) is 149 Å². The van der Waals surface area contributed by atoms with Crippen LogP contribution in [0.15, 0.2) is 112 Å². The summed E-state index contributed by atoms with van der Waals surface area (Å²) in [6.07, 6.45) is 13.1. The van der Waals surface area contributed by atoms with Crippen molar-refractivity contribution in [1.29, 1.82) is 0 Å². The maximum absolute atomic E-state index is 13.4. The van der Waals surface area contributed by atoms with E-state index in [1.807, 2.05) is 55.5 Å². The number of esters is 1. The number of benzene rings is 4. The van der Waals surface area contributed by atoms with Crippen molar-refractivity contribution in [2.24, 2.45) is 11.8 Å². The summed E-state index contributed by atoms with van der Waals surface area (Å²) >= 11 is 0. The molecule has 15 nitrogen and oxygen atoms in total. The molecule has 0 radical (unpaired) electrons. The first kappa shape index (κ1) is 54.4. The largest absolute Gasteiger partial charge is 0.508 e. The van der Waals surface area contributed by atoms with Crippen LogP contribution in [0.5, 0.6) is 11.5 Å². The number of hydrogen-bond acceptors (Lipinski definition) is 12. The number of fused-ring (bicyclic) bond motifs is 2. The van der Waals surface area contributed by atoms with Gasteiger partial charge in [0.1, 0.15) is 40.8 Å². The zero-order chi connectivity index (χ0) is 53.6. The summed E-state index contributed by atoms with van der Waals surface area (Å²) in [7, 11) is 0. The number of ether oxygens (including phenoxy) is 2. The van der Waals surface area contributed by atoms with Crippen LogP contribution in [-0.4, -0.2) is 58.6 Å². The predicted octanol–water partition coefficient (Wildman–Crippen LogP) is 12.7. The van der Waals surface area contributed by atoms with E-state index in [0.29, 0.717) is 40.9 Å². The first-order valence-corrected chi connectivity index (χ1v) is 26.5. The zero-order valence-corrected chi connectivity index (χ0v) is 43.4. The minimum Gasteiger partial charge on any atom is -0.508 e. The number of phenolic OH excluding ortho intramolecular Hbond substituents is 1. The summed E-state index contributed by atoms with van der Waals surface area (Å²) in [6.45, 7) is 6.74. The number of nitrogens with one attached hydrogen (secondary N) is 4. The summed E-state index contributed by atoms with van der Waals surface area (Å²) in [5.74, 6) is 1.17. The Morgan fingerprint density at radius 1 is 0.671 bits per heavy atom. The number of carbonyl (C=O) groups excluding carboxylic acids is 3. The molecule has 3 aromatic heterocycles. The lowest BCUT2D eigenvalue weighted by Crippen LogP contribution is -2.26. The monoisotopic (exact) mass is 1040 g/mol. The molecule has 2 aliphatic carbocycles. The average molecular weight is 1040 g/mol. The number of aliphatic carboxylic acids is 1. The second kappa shape index (κ2) is 26.1. The topological polar surface area (TPSA) is 214 Å². The van der Waals surface area contributed by atoms with Crippen molar-refractivity contribution in [2.45, 2.75) is 117 Å². The van der Waals surface area contributed by atoms with Crippen LogP contribution in [0.25, 0.3) is 21.9 Å². The number of carboxylic acids is 1. The van der Waals surface area contributed by atoms with Gasteiger partial charge in [0, 0.05) is 63.7 Å². The van der Waals surface area contributed by atoms with Crippen molar-refractivity contribution in [1.82, 2.24) is 15.6 Å². The quantitative estimate of drug-likeness (QED) is 0.0310. The number of aromatic nitrogens is 1. The number of rotatable bonds is 20. The number of aryl methyl sites for hydroxylation is 2. The number of furan rings is 2. The van der Waals surface area contributed by atoms with Gasteiger partial charge in [0.2, 0.25) is 5.95 Å². The molecule has 16 heteroatoms. The van der Waals surface area contributed by atoms with Crippen LogP contribution in [0.3, 0.4) is 0 Å². The molecule has 0 aliphatic heterocycles. The molecule has 0 saturated heterocycles. The van der Waals surface area contributed by atoms with Crippen LogP contribution in [0.4, 0.5) is 15.8 Å². The van der Waals surface area contributed by atoms with Gasteiger partial charge in [-0.3, -0.25) is 19.2 Å². The van der Waals surface area contributed by atoms with Gasteiger partial charge in [0.05, 0.1) is 31.5 Å². The Hall–Kier alpha value is -7.88. The molecule has 2 atom stereocenters. The Labute approximate surface area is 442 Å². The maximum atomic E-state index is 13.4. The fourth-order valence-corrected chi connectivity index (χ4v) is 10.4. The highest BCUT2D eigenvalue weighted by molar-refractivity contribution is 5.95. The highest BCUT2D eigenvalue weighted by Gasteiger charge is 2.32. The molecule has 2 amide bonds. The molecule has 2 saturated carbocycles. The van der Waals surface area contributed by atoms with Crippen LogP contribution < -0.4 is 26.0 Å². The SMILES string of the molecule is CCOC(=O)CCNC(=O)c1ccc(NC(c2oc3ccc(O)cc3c2C)C2CCCCC2)cc1.Cc1c(C(Nc2ccc(C(=O)NCCC(=O)O)cc2)C2CCCCC2)oc2ccc(OCc3ccnc(F)c3)cc12. The number of phenols is 1. The molecule has 3 heterocycles. The maximum Gasteiger partial charge on any atom is 0.307 e. The lowest BCUT2D eigenvalue weighted by Gasteiger charge is -2.31. The van der Waals surface area contributed by atoms with Gasteiger partial charge in [-0.2, -0.15) is 4.39 Å². The molecule has 2 aliphatic rings. The second-order valence-corrected chi connectivity index (χ2v) is 19.7. The van der Waals surface area contributed by atoms with E-state index in [1.54, 1.807) is 49.4 Å². The minimum absolute atomic E-state index is 0.00547. The molecule has 7 aromatic rings. The van der Waals surface area contributed by atoms with Crippen LogP contribution in [0.1, 0.15) is 145 Å². The second-order valence-electron chi connectivity index (χ2n) is 19.7.